The van der Waals surface area contributed by atoms with E-state index in [2.05, 4.69) is 28.1 Å². The molecule has 2 aromatic rings. The molecule has 0 atom stereocenters. The van der Waals surface area contributed by atoms with Crippen molar-refractivity contribution in [2.45, 2.75) is 13.3 Å². The number of nitrogens with zero attached hydrogens (tertiary/aromatic N) is 1. The van der Waals surface area contributed by atoms with Crippen molar-refractivity contribution in [2.24, 2.45) is 0 Å². The molecular weight excluding hydrogens is 314 g/mol. The van der Waals surface area contributed by atoms with E-state index in [9.17, 15) is 4.79 Å². The summed E-state index contributed by atoms with van der Waals surface area (Å²) in [5.41, 5.74) is 1.99. The summed E-state index contributed by atoms with van der Waals surface area (Å²) >= 11 is 3.41. The van der Waals surface area contributed by atoms with Gasteiger partial charge in [0.2, 0.25) is 0 Å². The summed E-state index contributed by atoms with van der Waals surface area (Å²) in [6.45, 7) is 3.48. The molecule has 0 radical (unpaired) electrons. The molecule has 104 valence electrons. The zero-order chi connectivity index (χ0) is 14.4. The predicted molar refractivity (Wildman–Crippen MR) is 85.9 cm³/mol. The Kier molecular flexibility index (Phi) is 5.36. The molecule has 2 aromatic carbocycles. The van der Waals surface area contributed by atoms with Crippen molar-refractivity contribution in [3.05, 3.63) is 70.2 Å². The number of benzene rings is 2. The minimum atomic E-state index is 0.0877. The van der Waals surface area contributed by atoms with Crippen molar-refractivity contribution in [2.75, 3.05) is 13.1 Å². The molecule has 0 unspecified atom stereocenters. The van der Waals surface area contributed by atoms with Gasteiger partial charge < -0.3 is 4.90 Å². The SMILES string of the molecule is CCN(CCc1ccccc1)C(=O)c1cccc(Br)c1. The van der Waals surface area contributed by atoms with Crippen LogP contribution in [0.3, 0.4) is 0 Å². The summed E-state index contributed by atoms with van der Waals surface area (Å²) in [5.74, 6) is 0.0877. The Labute approximate surface area is 128 Å². The summed E-state index contributed by atoms with van der Waals surface area (Å²) in [4.78, 5) is 14.3. The lowest BCUT2D eigenvalue weighted by Crippen LogP contribution is -2.32. The third-order valence-corrected chi connectivity index (χ3v) is 3.75. The zero-order valence-corrected chi connectivity index (χ0v) is 13.1. The first-order valence-electron chi connectivity index (χ1n) is 6.79. The normalized spacial score (nSPS) is 10.3. The van der Waals surface area contributed by atoms with E-state index in [0.717, 1.165) is 29.5 Å². The molecule has 2 rings (SSSR count). The fourth-order valence-electron chi connectivity index (χ4n) is 2.12. The number of halogens is 1. The van der Waals surface area contributed by atoms with Gasteiger partial charge in [-0.05, 0) is 37.1 Å². The maximum absolute atomic E-state index is 12.5. The molecule has 0 aliphatic heterocycles. The van der Waals surface area contributed by atoms with E-state index in [1.165, 1.54) is 5.56 Å². The van der Waals surface area contributed by atoms with Crippen LogP contribution in [0, 0.1) is 0 Å². The topological polar surface area (TPSA) is 20.3 Å². The fourth-order valence-corrected chi connectivity index (χ4v) is 2.52. The summed E-state index contributed by atoms with van der Waals surface area (Å²) in [7, 11) is 0. The average Bonchev–Trinajstić information content (AvgIpc) is 2.48. The molecule has 20 heavy (non-hydrogen) atoms. The first-order valence-corrected chi connectivity index (χ1v) is 7.58. The number of amides is 1. The molecule has 0 saturated heterocycles. The average molecular weight is 332 g/mol. The van der Waals surface area contributed by atoms with Gasteiger partial charge in [0.1, 0.15) is 0 Å². The summed E-state index contributed by atoms with van der Waals surface area (Å²) in [5, 5.41) is 0. The van der Waals surface area contributed by atoms with Gasteiger partial charge >= 0.3 is 0 Å². The van der Waals surface area contributed by atoms with E-state index in [4.69, 9.17) is 0 Å². The molecule has 0 N–H and O–H groups in total. The molecule has 0 aliphatic rings. The minimum absolute atomic E-state index is 0.0877. The van der Waals surface area contributed by atoms with Crippen LogP contribution in [-0.4, -0.2) is 23.9 Å². The molecule has 3 heteroatoms. The minimum Gasteiger partial charge on any atom is -0.339 e. The van der Waals surface area contributed by atoms with E-state index in [0.29, 0.717) is 0 Å². The van der Waals surface area contributed by atoms with Gasteiger partial charge in [0.15, 0.2) is 0 Å². The highest BCUT2D eigenvalue weighted by Crippen LogP contribution is 2.14. The lowest BCUT2D eigenvalue weighted by molar-refractivity contribution is 0.0766. The van der Waals surface area contributed by atoms with Gasteiger partial charge in [0.05, 0.1) is 0 Å². The van der Waals surface area contributed by atoms with Crippen LogP contribution in [0.1, 0.15) is 22.8 Å². The van der Waals surface area contributed by atoms with Crippen molar-refractivity contribution >= 4 is 21.8 Å². The molecule has 0 aliphatic carbocycles. The number of carbonyl (C=O) groups is 1. The van der Waals surface area contributed by atoms with Crippen LogP contribution in [-0.2, 0) is 6.42 Å². The van der Waals surface area contributed by atoms with Crippen molar-refractivity contribution in [1.29, 1.82) is 0 Å². The van der Waals surface area contributed by atoms with Gasteiger partial charge in [-0.1, -0.05) is 52.3 Å². The second kappa shape index (κ2) is 7.25. The van der Waals surface area contributed by atoms with Gasteiger partial charge in [-0.3, -0.25) is 4.79 Å². The largest absolute Gasteiger partial charge is 0.339 e. The monoisotopic (exact) mass is 331 g/mol. The smallest absolute Gasteiger partial charge is 0.253 e. The molecule has 0 bridgehead atoms. The van der Waals surface area contributed by atoms with Crippen LogP contribution in [0.5, 0.6) is 0 Å². The highest BCUT2D eigenvalue weighted by molar-refractivity contribution is 9.10. The molecule has 0 heterocycles. The van der Waals surface area contributed by atoms with Crippen LogP contribution in [0.25, 0.3) is 0 Å². The second-order valence-electron chi connectivity index (χ2n) is 4.63. The lowest BCUT2D eigenvalue weighted by Gasteiger charge is -2.21. The Balaban J connectivity index is 2.03. The Morgan fingerprint density at radius 3 is 2.50 bits per heavy atom. The summed E-state index contributed by atoms with van der Waals surface area (Å²) in [6, 6.07) is 17.8. The maximum Gasteiger partial charge on any atom is 0.253 e. The third-order valence-electron chi connectivity index (χ3n) is 3.25. The number of rotatable bonds is 5. The Morgan fingerprint density at radius 1 is 1.10 bits per heavy atom. The highest BCUT2D eigenvalue weighted by Gasteiger charge is 2.13. The number of hydrogen-bond donors (Lipinski definition) is 0. The van der Waals surface area contributed by atoms with E-state index in [-0.39, 0.29) is 5.91 Å². The van der Waals surface area contributed by atoms with Gasteiger partial charge in [-0.15, -0.1) is 0 Å². The molecular formula is C17H18BrNO. The first-order chi connectivity index (χ1) is 9.70. The predicted octanol–water partition coefficient (Wildman–Crippen LogP) is 4.15. The van der Waals surface area contributed by atoms with E-state index in [1.807, 2.05) is 54.3 Å². The third kappa shape index (κ3) is 3.94. The van der Waals surface area contributed by atoms with Crippen LogP contribution in [0.15, 0.2) is 59.1 Å². The second-order valence-corrected chi connectivity index (χ2v) is 5.55. The Bertz CT molecular complexity index is 568. The molecule has 0 fully saturated rings. The van der Waals surface area contributed by atoms with Gasteiger partial charge in [-0.2, -0.15) is 0 Å². The molecule has 0 aromatic heterocycles. The molecule has 0 spiro atoms. The Morgan fingerprint density at radius 2 is 1.85 bits per heavy atom. The van der Waals surface area contributed by atoms with E-state index >= 15 is 0 Å². The van der Waals surface area contributed by atoms with Crippen molar-refractivity contribution in [3.8, 4) is 0 Å². The molecule has 1 amide bonds. The number of hydrogen-bond acceptors (Lipinski definition) is 1. The maximum atomic E-state index is 12.5. The van der Waals surface area contributed by atoms with E-state index in [1.54, 1.807) is 0 Å². The fraction of sp³-hybridized carbons (Fsp3) is 0.235. The summed E-state index contributed by atoms with van der Waals surface area (Å²) < 4.78 is 0.933. The molecule has 0 saturated carbocycles. The van der Waals surface area contributed by atoms with Crippen molar-refractivity contribution < 1.29 is 4.79 Å². The molecule has 2 nitrogen and oxygen atoms in total. The standard InChI is InChI=1S/C17H18BrNO/c1-2-19(12-11-14-7-4-3-5-8-14)17(20)15-9-6-10-16(18)13-15/h3-10,13H,2,11-12H2,1H3. The zero-order valence-electron chi connectivity index (χ0n) is 11.6. The summed E-state index contributed by atoms with van der Waals surface area (Å²) in [6.07, 6.45) is 0.883. The van der Waals surface area contributed by atoms with Crippen LogP contribution < -0.4 is 0 Å². The lowest BCUT2D eigenvalue weighted by atomic mass is 10.1. The first kappa shape index (κ1) is 14.8. The number of likely N-dealkylation sites (N-methyl/N-ethyl adjacent to an activating group) is 1. The van der Waals surface area contributed by atoms with Crippen LogP contribution >= 0.6 is 15.9 Å². The van der Waals surface area contributed by atoms with E-state index < -0.39 is 0 Å². The highest BCUT2D eigenvalue weighted by atomic mass is 79.9. The van der Waals surface area contributed by atoms with Gasteiger partial charge in [0.25, 0.3) is 5.91 Å². The quantitative estimate of drug-likeness (QED) is 0.805. The van der Waals surface area contributed by atoms with Crippen LogP contribution in [0.4, 0.5) is 0 Å². The van der Waals surface area contributed by atoms with Gasteiger partial charge in [0, 0.05) is 23.1 Å². The van der Waals surface area contributed by atoms with Crippen molar-refractivity contribution in [3.63, 3.8) is 0 Å². The van der Waals surface area contributed by atoms with Crippen LogP contribution in [0.2, 0.25) is 0 Å². The van der Waals surface area contributed by atoms with Crippen molar-refractivity contribution in [1.82, 2.24) is 4.90 Å². The van der Waals surface area contributed by atoms with Gasteiger partial charge in [-0.25, -0.2) is 0 Å². The number of carbonyl (C=O) groups excluding carboxylic acids is 1. The Hall–Kier alpha value is -1.61.